The molecule has 3 aromatic carbocycles. The zero-order valence-corrected chi connectivity index (χ0v) is 23.2. The first-order valence-corrected chi connectivity index (χ1v) is 14.1. The molecule has 0 radical (unpaired) electrons. The van der Waals surface area contributed by atoms with Crippen molar-refractivity contribution < 1.29 is 28.9 Å². The first-order valence-electron chi connectivity index (χ1n) is 13.2. The number of anilines is 1. The fourth-order valence-corrected chi connectivity index (χ4v) is 6.26. The van der Waals surface area contributed by atoms with E-state index >= 15 is 0 Å². The molecule has 8 nitrogen and oxygen atoms in total. The number of hydrogen-bond donors (Lipinski definition) is 1. The first kappa shape index (κ1) is 25.9. The first-order chi connectivity index (χ1) is 19.4. The number of carbonyl (C=O) groups is 2. The van der Waals surface area contributed by atoms with Crippen molar-refractivity contribution in [1.29, 1.82) is 0 Å². The molecule has 0 unspecified atom stereocenters. The van der Waals surface area contributed by atoms with E-state index in [1.165, 1.54) is 16.2 Å². The number of aromatic nitrogens is 1. The molecule has 3 heterocycles. The molecule has 0 spiro atoms. The molecule has 1 fully saturated rings. The number of ketones is 1. The van der Waals surface area contributed by atoms with E-state index in [2.05, 4.69) is 0 Å². The number of fused-ring (bicyclic) bond motifs is 2. The minimum atomic E-state index is -0.883. The number of benzene rings is 3. The molecular weight excluding hydrogens is 528 g/mol. The Morgan fingerprint density at radius 3 is 2.50 bits per heavy atom. The van der Waals surface area contributed by atoms with Crippen LogP contribution in [0.3, 0.4) is 0 Å². The maximum Gasteiger partial charge on any atom is 0.301 e. The highest BCUT2D eigenvalue weighted by molar-refractivity contribution is 7.22. The lowest BCUT2D eigenvalue weighted by molar-refractivity contribution is -0.132. The molecule has 0 saturated carbocycles. The second-order valence-electron chi connectivity index (χ2n) is 9.69. The van der Waals surface area contributed by atoms with Gasteiger partial charge >= 0.3 is 5.91 Å². The minimum absolute atomic E-state index is 0.00957. The Labute approximate surface area is 235 Å². The summed E-state index contributed by atoms with van der Waals surface area (Å²) >= 11 is 1.29. The number of aliphatic hydroxyl groups excluding tert-OH is 1. The predicted molar refractivity (Wildman–Crippen MR) is 153 cm³/mol. The summed E-state index contributed by atoms with van der Waals surface area (Å²) in [5.41, 5.74) is 2.74. The lowest BCUT2D eigenvalue weighted by Crippen LogP contribution is -2.29. The van der Waals surface area contributed by atoms with Crippen molar-refractivity contribution in [2.24, 2.45) is 0 Å². The maximum atomic E-state index is 13.6. The third kappa shape index (κ3) is 4.46. The fourth-order valence-electron chi connectivity index (χ4n) is 5.24. The largest absolute Gasteiger partial charge is 0.507 e. The van der Waals surface area contributed by atoms with Gasteiger partial charge in [-0.25, -0.2) is 4.98 Å². The quantitative estimate of drug-likeness (QED) is 0.168. The highest BCUT2D eigenvalue weighted by atomic mass is 32.1. The van der Waals surface area contributed by atoms with Gasteiger partial charge < -0.3 is 19.3 Å². The van der Waals surface area contributed by atoms with Crippen molar-refractivity contribution in [3.8, 4) is 17.2 Å². The lowest BCUT2D eigenvalue weighted by Gasteiger charge is -2.23. The zero-order chi connectivity index (χ0) is 28.0. The van der Waals surface area contributed by atoms with E-state index in [1.807, 2.05) is 45.0 Å². The SMILES string of the molecule is CCOc1ccc([C@H]2C(=C(O)c3ccc4c(c3)C[C@@H](C)O4)C(=O)C(=O)N2c2nc3ccc(OCC)cc3s2)cc1. The average molecular weight is 557 g/mol. The molecular formula is C31H28N2O6S. The summed E-state index contributed by atoms with van der Waals surface area (Å²) in [5, 5.41) is 11.9. The van der Waals surface area contributed by atoms with Gasteiger partial charge in [0.1, 0.15) is 29.1 Å². The van der Waals surface area contributed by atoms with Crippen molar-refractivity contribution >= 4 is 44.1 Å². The summed E-state index contributed by atoms with van der Waals surface area (Å²) in [6.45, 7) is 6.82. The third-order valence-electron chi connectivity index (χ3n) is 6.99. The van der Waals surface area contributed by atoms with Crippen molar-refractivity contribution in [1.82, 2.24) is 4.98 Å². The van der Waals surface area contributed by atoms with Gasteiger partial charge in [-0.05, 0) is 80.4 Å². The number of carbonyl (C=O) groups excluding carboxylic acids is 2. The van der Waals surface area contributed by atoms with Crippen LogP contribution in [0.2, 0.25) is 0 Å². The Morgan fingerprint density at radius 1 is 1.02 bits per heavy atom. The highest BCUT2D eigenvalue weighted by Crippen LogP contribution is 2.45. The summed E-state index contributed by atoms with van der Waals surface area (Å²) in [7, 11) is 0. The van der Waals surface area contributed by atoms with E-state index in [0.717, 1.165) is 16.0 Å². The predicted octanol–water partition coefficient (Wildman–Crippen LogP) is 6.04. The molecule has 0 aliphatic carbocycles. The topological polar surface area (TPSA) is 98.2 Å². The number of rotatable bonds is 7. The number of hydrogen-bond acceptors (Lipinski definition) is 8. The van der Waals surface area contributed by atoms with Crippen molar-refractivity contribution in [3.05, 3.63) is 82.9 Å². The van der Waals surface area contributed by atoms with Crippen LogP contribution in [0.15, 0.2) is 66.2 Å². The van der Waals surface area contributed by atoms with Gasteiger partial charge in [0.25, 0.3) is 5.78 Å². The standard InChI is InChI=1S/C31H28N2O6S/c1-4-37-21-9-6-18(7-10-21)27-26(28(34)19-8-13-24-20(15-19)14-17(3)39-24)29(35)30(36)33(27)31-32-23-12-11-22(38-5-2)16-25(23)40-31/h6-13,15-17,27,34H,4-5,14H2,1-3H3/t17-,27+/m1/s1. The van der Waals surface area contributed by atoms with E-state index in [1.54, 1.807) is 36.4 Å². The van der Waals surface area contributed by atoms with E-state index < -0.39 is 17.7 Å². The molecule has 1 saturated heterocycles. The summed E-state index contributed by atoms with van der Waals surface area (Å²) in [6, 6.07) is 17.2. The van der Waals surface area contributed by atoms with Crippen LogP contribution in [0, 0.1) is 0 Å². The molecule has 9 heteroatoms. The van der Waals surface area contributed by atoms with Gasteiger partial charge in [0, 0.05) is 12.0 Å². The molecule has 1 N–H and O–H groups in total. The second kappa shape index (κ2) is 10.3. The third-order valence-corrected chi connectivity index (χ3v) is 8.00. The van der Waals surface area contributed by atoms with Crippen LogP contribution in [0.25, 0.3) is 16.0 Å². The van der Waals surface area contributed by atoms with Crippen molar-refractivity contribution in [3.63, 3.8) is 0 Å². The number of amides is 1. The summed E-state index contributed by atoms with van der Waals surface area (Å²) in [4.78, 5) is 33.3. The van der Waals surface area contributed by atoms with Gasteiger partial charge in [0.2, 0.25) is 0 Å². The van der Waals surface area contributed by atoms with Crippen LogP contribution in [0.1, 0.15) is 43.5 Å². The molecule has 1 amide bonds. The molecule has 1 aromatic heterocycles. The van der Waals surface area contributed by atoms with Gasteiger partial charge in [0.05, 0.1) is 35.0 Å². The molecule has 0 bridgehead atoms. The van der Waals surface area contributed by atoms with E-state index in [9.17, 15) is 14.7 Å². The fraction of sp³-hybridized carbons (Fsp3) is 0.258. The van der Waals surface area contributed by atoms with E-state index in [0.29, 0.717) is 52.9 Å². The normalized spacial score (nSPS) is 19.6. The molecule has 2 aliphatic heterocycles. The molecule has 40 heavy (non-hydrogen) atoms. The molecule has 4 aromatic rings. The van der Waals surface area contributed by atoms with Gasteiger partial charge in [-0.1, -0.05) is 23.5 Å². The van der Waals surface area contributed by atoms with Crippen LogP contribution in [0.4, 0.5) is 5.13 Å². The zero-order valence-electron chi connectivity index (χ0n) is 22.3. The van der Waals surface area contributed by atoms with Crippen LogP contribution in [-0.2, 0) is 16.0 Å². The van der Waals surface area contributed by atoms with Gasteiger partial charge in [0.15, 0.2) is 5.13 Å². The molecule has 2 atom stereocenters. The monoisotopic (exact) mass is 556 g/mol. The maximum absolute atomic E-state index is 13.6. The average Bonchev–Trinajstić information content (AvgIpc) is 3.61. The van der Waals surface area contributed by atoms with Crippen molar-refractivity contribution in [2.75, 3.05) is 18.1 Å². The summed E-state index contributed by atoms with van der Waals surface area (Å²) < 4.78 is 17.8. The Balaban J connectivity index is 1.49. The summed E-state index contributed by atoms with van der Waals surface area (Å²) in [6.07, 6.45) is 0.729. The van der Waals surface area contributed by atoms with Crippen LogP contribution in [0.5, 0.6) is 17.2 Å². The Morgan fingerprint density at radius 2 is 1.75 bits per heavy atom. The Hall–Kier alpha value is -4.37. The Bertz CT molecular complexity index is 1660. The van der Waals surface area contributed by atoms with Gasteiger partial charge in [-0.2, -0.15) is 0 Å². The molecule has 204 valence electrons. The smallest absolute Gasteiger partial charge is 0.301 e. The van der Waals surface area contributed by atoms with Crippen molar-refractivity contribution in [2.45, 2.75) is 39.3 Å². The number of nitrogens with zero attached hydrogens (tertiary/aromatic N) is 2. The van der Waals surface area contributed by atoms with Crippen LogP contribution < -0.4 is 19.1 Å². The molecule has 2 aliphatic rings. The minimum Gasteiger partial charge on any atom is -0.507 e. The van der Waals surface area contributed by atoms with E-state index in [-0.39, 0.29) is 17.4 Å². The second-order valence-corrected chi connectivity index (χ2v) is 10.7. The Kier molecular flexibility index (Phi) is 6.67. The highest BCUT2D eigenvalue weighted by Gasteiger charge is 2.48. The number of aliphatic hydroxyl groups is 1. The number of ether oxygens (including phenoxy) is 3. The van der Waals surface area contributed by atoms with Crippen LogP contribution >= 0.6 is 11.3 Å². The van der Waals surface area contributed by atoms with Crippen LogP contribution in [-0.4, -0.2) is 41.1 Å². The van der Waals surface area contributed by atoms with Gasteiger partial charge in [-0.15, -0.1) is 0 Å². The summed E-state index contributed by atoms with van der Waals surface area (Å²) in [5.74, 6) is 0.373. The molecule has 6 rings (SSSR count). The lowest BCUT2D eigenvalue weighted by atomic mass is 9.94. The number of Topliss-reactive ketones (excluding diaryl/α,β-unsaturated/α-hetero) is 1. The number of thiazole rings is 1. The van der Waals surface area contributed by atoms with Gasteiger partial charge in [-0.3, -0.25) is 14.5 Å². The van der Waals surface area contributed by atoms with E-state index in [4.69, 9.17) is 19.2 Å².